The SMILES string of the molecule is COc1c(C)cc(C)cc1C(C)(C)CNC(=O)NN. The van der Waals surface area contributed by atoms with Gasteiger partial charge in [0, 0.05) is 17.5 Å². The molecule has 0 saturated carbocycles. The number of benzene rings is 1. The molecule has 0 aliphatic carbocycles. The predicted molar refractivity (Wildman–Crippen MR) is 76.2 cm³/mol. The van der Waals surface area contributed by atoms with E-state index < -0.39 is 6.03 Å². The Morgan fingerprint density at radius 2 is 2.00 bits per heavy atom. The van der Waals surface area contributed by atoms with Crippen LogP contribution in [0.5, 0.6) is 5.75 Å². The Kier molecular flexibility index (Phi) is 4.78. The summed E-state index contributed by atoms with van der Waals surface area (Å²) in [4.78, 5) is 11.2. The molecule has 1 aromatic rings. The molecule has 2 amide bonds. The van der Waals surface area contributed by atoms with E-state index in [1.165, 1.54) is 5.56 Å². The van der Waals surface area contributed by atoms with Crippen molar-refractivity contribution in [3.8, 4) is 5.75 Å². The normalized spacial score (nSPS) is 11.1. The van der Waals surface area contributed by atoms with Gasteiger partial charge in [-0.3, -0.25) is 5.43 Å². The summed E-state index contributed by atoms with van der Waals surface area (Å²) in [5, 5.41) is 2.73. The predicted octanol–water partition coefficient (Wildman–Crippen LogP) is 1.76. The lowest BCUT2D eigenvalue weighted by Crippen LogP contribution is -2.45. The van der Waals surface area contributed by atoms with Gasteiger partial charge in [-0.05, 0) is 19.4 Å². The van der Waals surface area contributed by atoms with E-state index in [-0.39, 0.29) is 5.41 Å². The largest absolute Gasteiger partial charge is 0.496 e. The fourth-order valence-corrected chi connectivity index (χ4v) is 2.18. The number of urea groups is 1. The summed E-state index contributed by atoms with van der Waals surface area (Å²) >= 11 is 0. The highest BCUT2D eigenvalue weighted by atomic mass is 16.5. The van der Waals surface area contributed by atoms with Gasteiger partial charge in [0.2, 0.25) is 0 Å². The average Bonchev–Trinajstić information content (AvgIpc) is 2.35. The Hall–Kier alpha value is -1.75. The molecule has 0 bridgehead atoms. The van der Waals surface area contributed by atoms with E-state index in [0.717, 1.165) is 16.9 Å². The van der Waals surface area contributed by atoms with Gasteiger partial charge in [-0.2, -0.15) is 0 Å². The second-order valence-corrected chi connectivity index (χ2v) is 5.37. The molecule has 5 heteroatoms. The summed E-state index contributed by atoms with van der Waals surface area (Å²) < 4.78 is 5.50. The van der Waals surface area contributed by atoms with E-state index in [1.54, 1.807) is 7.11 Å². The van der Waals surface area contributed by atoms with E-state index in [0.29, 0.717) is 6.54 Å². The molecule has 1 aromatic carbocycles. The minimum absolute atomic E-state index is 0.255. The minimum Gasteiger partial charge on any atom is -0.496 e. The standard InChI is InChI=1S/C14H23N3O2/c1-9-6-10(2)12(19-5)11(7-9)14(3,4)8-16-13(18)17-15/h6-7H,8,15H2,1-5H3,(H2,16,17,18). The topological polar surface area (TPSA) is 76.4 Å². The third-order valence-corrected chi connectivity index (χ3v) is 3.17. The van der Waals surface area contributed by atoms with Gasteiger partial charge < -0.3 is 10.1 Å². The lowest BCUT2D eigenvalue weighted by atomic mass is 9.82. The lowest BCUT2D eigenvalue weighted by molar-refractivity contribution is 0.238. The first-order chi connectivity index (χ1) is 8.81. The number of carbonyl (C=O) groups is 1. The van der Waals surface area contributed by atoms with E-state index >= 15 is 0 Å². The maximum atomic E-state index is 11.2. The maximum Gasteiger partial charge on any atom is 0.328 e. The van der Waals surface area contributed by atoms with Crippen molar-refractivity contribution in [2.45, 2.75) is 33.1 Å². The van der Waals surface area contributed by atoms with Crippen LogP contribution in [0.15, 0.2) is 12.1 Å². The summed E-state index contributed by atoms with van der Waals surface area (Å²) in [6.07, 6.45) is 0. The molecule has 0 saturated heterocycles. The number of nitrogens with one attached hydrogen (secondary N) is 2. The third kappa shape index (κ3) is 3.61. The molecule has 0 radical (unpaired) electrons. The van der Waals surface area contributed by atoms with Gasteiger partial charge in [-0.25, -0.2) is 10.6 Å². The molecule has 0 aromatic heterocycles. The van der Waals surface area contributed by atoms with Crippen molar-refractivity contribution in [3.63, 3.8) is 0 Å². The molecule has 0 aliphatic heterocycles. The van der Waals surface area contributed by atoms with E-state index in [4.69, 9.17) is 10.6 Å². The van der Waals surface area contributed by atoms with Crippen LogP contribution in [0.4, 0.5) is 4.79 Å². The number of nitrogens with two attached hydrogens (primary N) is 1. The second kappa shape index (κ2) is 5.93. The van der Waals surface area contributed by atoms with E-state index in [2.05, 4.69) is 36.7 Å². The lowest BCUT2D eigenvalue weighted by Gasteiger charge is -2.28. The zero-order valence-corrected chi connectivity index (χ0v) is 12.3. The summed E-state index contributed by atoms with van der Waals surface area (Å²) in [6, 6.07) is 3.78. The van der Waals surface area contributed by atoms with Crippen LogP contribution in [-0.2, 0) is 5.41 Å². The monoisotopic (exact) mass is 265 g/mol. The van der Waals surface area contributed by atoms with Crippen molar-refractivity contribution in [2.24, 2.45) is 5.84 Å². The van der Waals surface area contributed by atoms with Crippen LogP contribution >= 0.6 is 0 Å². The molecular weight excluding hydrogens is 242 g/mol. The highest BCUT2D eigenvalue weighted by Crippen LogP contribution is 2.34. The number of methoxy groups -OCH3 is 1. The Balaban J connectivity index is 3.09. The molecule has 0 unspecified atom stereocenters. The Morgan fingerprint density at radius 3 is 2.53 bits per heavy atom. The van der Waals surface area contributed by atoms with Crippen LogP contribution in [0.1, 0.15) is 30.5 Å². The highest BCUT2D eigenvalue weighted by Gasteiger charge is 2.26. The van der Waals surface area contributed by atoms with Gasteiger partial charge in [-0.1, -0.05) is 31.5 Å². The minimum atomic E-state index is -0.392. The number of amides is 2. The second-order valence-electron chi connectivity index (χ2n) is 5.37. The van der Waals surface area contributed by atoms with Gasteiger partial charge in [0.25, 0.3) is 0 Å². The maximum absolute atomic E-state index is 11.2. The molecule has 1 rings (SSSR count). The van der Waals surface area contributed by atoms with E-state index in [9.17, 15) is 4.79 Å². The number of ether oxygens (including phenoxy) is 1. The first-order valence-electron chi connectivity index (χ1n) is 6.22. The molecule has 0 heterocycles. The van der Waals surface area contributed by atoms with Crippen LogP contribution in [0.2, 0.25) is 0 Å². The van der Waals surface area contributed by atoms with E-state index in [1.807, 2.05) is 13.8 Å². The molecule has 0 aliphatic rings. The number of hydrogen-bond donors (Lipinski definition) is 3. The summed E-state index contributed by atoms with van der Waals surface area (Å²) in [5.41, 5.74) is 5.14. The van der Waals surface area contributed by atoms with Gasteiger partial charge in [-0.15, -0.1) is 0 Å². The van der Waals surface area contributed by atoms with Crippen molar-refractivity contribution in [1.82, 2.24) is 10.7 Å². The number of aryl methyl sites for hydroxylation is 2. The highest BCUT2D eigenvalue weighted by molar-refractivity contribution is 5.73. The van der Waals surface area contributed by atoms with Crippen LogP contribution in [-0.4, -0.2) is 19.7 Å². The van der Waals surface area contributed by atoms with Crippen LogP contribution in [0, 0.1) is 13.8 Å². The van der Waals surface area contributed by atoms with Crippen LogP contribution in [0.25, 0.3) is 0 Å². The van der Waals surface area contributed by atoms with Crippen molar-refractivity contribution in [3.05, 3.63) is 28.8 Å². The zero-order chi connectivity index (χ0) is 14.6. The molecule has 0 fully saturated rings. The van der Waals surface area contributed by atoms with Crippen molar-refractivity contribution in [1.29, 1.82) is 0 Å². The van der Waals surface area contributed by atoms with Gasteiger partial charge in [0.15, 0.2) is 0 Å². The quantitative estimate of drug-likeness (QED) is 0.441. The molecule has 106 valence electrons. The van der Waals surface area contributed by atoms with Crippen LogP contribution in [0.3, 0.4) is 0 Å². The van der Waals surface area contributed by atoms with Crippen molar-refractivity contribution < 1.29 is 9.53 Å². The Bertz CT molecular complexity index is 470. The smallest absolute Gasteiger partial charge is 0.328 e. The zero-order valence-electron chi connectivity index (χ0n) is 12.3. The van der Waals surface area contributed by atoms with Crippen LogP contribution < -0.4 is 21.3 Å². The summed E-state index contributed by atoms with van der Waals surface area (Å²) in [5.74, 6) is 5.92. The molecule has 4 N–H and O–H groups in total. The molecule has 19 heavy (non-hydrogen) atoms. The Labute approximate surface area is 114 Å². The first-order valence-corrected chi connectivity index (χ1v) is 6.22. The molecule has 0 atom stereocenters. The van der Waals surface area contributed by atoms with Crippen molar-refractivity contribution >= 4 is 6.03 Å². The average molecular weight is 265 g/mol. The fraction of sp³-hybridized carbons (Fsp3) is 0.500. The van der Waals surface area contributed by atoms with Gasteiger partial charge >= 0.3 is 6.03 Å². The summed E-state index contributed by atoms with van der Waals surface area (Å²) in [6.45, 7) is 8.65. The number of rotatable bonds is 4. The molecular formula is C14H23N3O2. The van der Waals surface area contributed by atoms with Crippen molar-refractivity contribution in [2.75, 3.05) is 13.7 Å². The number of hydrazine groups is 1. The first kappa shape index (κ1) is 15.3. The summed E-state index contributed by atoms with van der Waals surface area (Å²) in [7, 11) is 1.66. The molecule has 0 spiro atoms. The molecule has 5 nitrogen and oxygen atoms in total. The van der Waals surface area contributed by atoms with Gasteiger partial charge in [0.1, 0.15) is 5.75 Å². The third-order valence-electron chi connectivity index (χ3n) is 3.17. The fourth-order valence-electron chi connectivity index (χ4n) is 2.18. The number of hydrogen-bond acceptors (Lipinski definition) is 3. The van der Waals surface area contributed by atoms with Gasteiger partial charge in [0.05, 0.1) is 7.11 Å². The Morgan fingerprint density at radius 1 is 1.37 bits per heavy atom. The number of carbonyl (C=O) groups excluding carboxylic acids is 1.